The minimum atomic E-state index is -0.587. The van der Waals surface area contributed by atoms with Gasteiger partial charge in [0, 0.05) is 17.6 Å². The highest BCUT2D eigenvalue weighted by atomic mass is 16.5. The van der Waals surface area contributed by atoms with Gasteiger partial charge in [0.15, 0.2) is 0 Å². The molecule has 1 aliphatic heterocycles. The predicted molar refractivity (Wildman–Crippen MR) is 63.6 cm³/mol. The highest BCUT2D eigenvalue weighted by molar-refractivity contribution is 5.80. The molecular formula is C13H15NO3. The summed E-state index contributed by atoms with van der Waals surface area (Å²) in [7, 11) is 0. The smallest absolute Gasteiger partial charge is 0.107 e. The zero-order chi connectivity index (χ0) is 11.8. The number of benzene rings is 1. The molecule has 3 N–H and O–H groups in total. The number of rotatable bonds is 2. The van der Waals surface area contributed by atoms with Gasteiger partial charge in [-0.3, -0.25) is 0 Å². The Morgan fingerprint density at radius 2 is 2.18 bits per heavy atom. The molecule has 1 aromatic heterocycles. The van der Waals surface area contributed by atoms with Crippen molar-refractivity contribution in [1.29, 1.82) is 0 Å². The lowest BCUT2D eigenvalue weighted by atomic mass is 10.1. The molecule has 0 amide bonds. The molecule has 1 aromatic carbocycles. The fraction of sp³-hybridized carbons (Fsp3) is 0.385. The van der Waals surface area contributed by atoms with Crippen LogP contribution < -0.4 is 0 Å². The van der Waals surface area contributed by atoms with E-state index in [4.69, 9.17) is 9.84 Å². The Kier molecular flexibility index (Phi) is 2.63. The van der Waals surface area contributed by atoms with E-state index in [-0.39, 0.29) is 12.7 Å². The van der Waals surface area contributed by atoms with E-state index < -0.39 is 12.2 Å². The minimum Gasteiger partial charge on any atom is -0.394 e. The second-order valence-electron chi connectivity index (χ2n) is 4.46. The molecule has 90 valence electrons. The number of aliphatic hydroxyl groups excluding tert-OH is 2. The number of aromatic amines is 1. The standard InChI is InChI=1S/C13H15NO3/c15-7-13-11(16)6-12(17-13)10-5-8-3-1-2-4-9(8)14-10/h1-5,11-16H,6-7H2/t11-,12?,13+/m0/s1. The van der Waals surface area contributed by atoms with Crippen LogP contribution in [0.3, 0.4) is 0 Å². The van der Waals surface area contributed by atoms with Crippen molar-refractivity contribution in [2.45, 2.75) is 24.7 Å². The van der Waals surface area contributed by atoms with Gasteiger partial charge < -0.3 is 19.9 Å². The third kappa shape index (κ3) is 1.84. The van der Waals surface area contributed by atoms with E-state index >= 15 is 0 Å². The Hall–Kier alpha value is -1.36. The second-order valence-corrected chi connectivity index (χ2v) is 4.46. The first-order valence-corrected chi connectivity index (χ1v) is 5.80. The molecule has 2 heterocycles. The van der Waals surface area contributed by atoms with Gasteiger partial charge in [-0.05, 0) is 17.5 Å². The zero-order valence-corrected chi connectivity index (χ0v) is 9.34. The maximum absolute atomic E-state index is 9.70. The average Bonchev–Trinajstić information content (AvgIpc) is 2.91. The van der Waals surface area contributed by atoms with Crippen molar-refractivity contribution in [3.8, 4) is 0 Å². The van der Waals surface area contributed by atoms with Crippen molar-refractivity contribution in [2.24, 2.45) is 0 Å². The van der Waals surface area contributed by atoms with Gasteiger partial charge in [0.2, 0.25) is 0 Å². The van der Waals surface area contributed by atoms with E-state index in [9.17, 15) is 5.11 Å². The van der Waals surface area contributed by atoms with Crippen molar-refractivity contribution >= 4 is 10.9 Å². The Labute approximate surface area is 98.8 Å². The number of para-hydroxylation sites is 1. The van der Waals surface area contributed by atoms with E-state index in [2.05, 4.69) is 4.98 Å². The normalized spacial score (nSPS) is 28.9. The van der Waals surface area contributed by atoms with Crippen molar-refractivity contribution < 1.29 is 14.9 Å². The van der Waals surface area contributed by atoms with Gasteiger partial charge >= 0.3 is 0 Å². The summed E-state index contributed by atoms with van der Waals surface area (Å²) in [5.74, 6) is 0. The summed E-state index contributed by atoms with van der Waals surface area (Å²) in [4.78, 5) is 3.28. The van der Waals surface area contributed by atoms with Crippen LogP contribution in [-0.2, 0) is 4.74 Å². The Bertz CT molecular complexity index is 489. The maximum atomic E-state index is 9.70. The lowest BCUT2D eigenvalue weighted by Gasteiger charge is -2.10. The first-order valence-electron chi connectivity index (χ1n) is 5.80. The quantitative estimate of drug-likeness (QED) is 0.733. The lowest BCUT2D eigenvalue weighted by molar-refractivity contribution is -0.0234. The monoisotopic (exact) mass is 233 g/mol. The summed E-state index contributed by atoms with van der Waals surface area (Å²) in [5.41, 5.74) is 2.02. The summed E-state index contributed by atoms with van der Waals surface area (Å²) in [6.45, 7) is -0.141. The maximum Gasteiger partial charge on any atom is 0.107 e. The molecule has 0 bridgehead atoms. The van der Waals surface area contributed by atoms with Gasteiger partial charge in [0.25, 0.3) is 0 Å². The number of aromatic nitrogens is 1. The number of nitrogens with one attached hydrogen (secondary N) is 1. The molecule has 0 spiro atoms. The van der Waals surface area contributed by atoms with Crippen LogP contribution in [0.15, 0.2) is 30.3 Å². The summed E-state index contributed by atoms with van der Waals surface area (Å²) in [5, 5.41) is 19.9. The van der Waals surface area contributed by atoms with Crippen molar-refractivity contribution in [3.05, 3.63) is 36.0 Å². The summed E-state index contributed by atoms with van der Waals surface area (Å²) in [6, 6.07) is 10.0. The van der Waals surface area contributed by atoms with Crippen LogP contribution in [0.25, 0.3) is 10.9 Å². The molecule has 1 fully saturated rings. The minimum absolute atomic E-state index is 0.141. The van der Waals surface area contributed by atoms with E-state index in [0.29, 0.717) is 6.42 Å². The number of hydrogen-bond acceptors (Lipinski definition) is 3. The third-order valence-electron chi connectivity index (χ3n) is 3.30. The molecule has 4 heteroatoms. The fourth-order valence-electron chi connectivity index (χ4n) is 2.36. The van der Waals surface area contributed by atoms with Crippen LogP contribution in [0.4, 0.5) is 0 Å². The van der Waals surface area contributed by atoms with Crippen LogP contribution in [0.5, 0.6) is 0 Å². The number of H-pyrrole nitrogens is 1. The molecule has 1 aliphatic rings. The number of ether oxygens (including phenoxy) is 1. The highest BCUT2D eigenvalue weighted by Gasteiger charge is 2.34. The third-order valence-corrected chi connectivity index (χ3v) is 3.30. The van der Waals surface area contributed by atoms with E-state index in [0.717, 1.165) is 16.6 Å². The molecule has 0 aliphatic carbocycles. The Morgan fingerprint density at radius 1 is 1.35 bits per heavy atom. The lowest BCUT2D eigenvalue weighted by Crippen LogP contribution is -2.24. The number of aliphatic hydroxyl groups is 2. The van der Waals surface area contributed by atoms with Crippen molar-refractivity contribution in [1.82, 2.24) is 4.98 Å². The number of fused-ring (bicyclic) bond motifs is 1. The van der Waals surface area contributed by atoms with Gasteiger partial charge in [-0.2, -0.15) is 0 Å². The van der Waals surface area contributed by atoms with Gasteiger partial charge in [0.05, 0.1) is 12.7 Å². The highest BCUT2D eigenvalue weighted by Crippen LogP contribution is 2.33. The molecule has 1 saturated heterocycles. The topological polar surface area (TPSA) is 65.5 Å². The van der Waals surface area contributed by atoms with Gasteiger partial charge in [-0.1, -0.05) is 18.2 Å². The van der Waals surface area contributed by atoms with Crippen LogP contribution in [0, 0.1) is 0 Å². The average molecular weight is 233 g/mol. The molecular weight excluding hydrogens is 218 g/mol. The molecule has 3 rings (SSSR count). The van der Waals surface area contributed by atoms with E-state index in [1.165, 1.54) is 0 Å². The van der Waals surface area contributed by atoms with Crippen LogP contribution in [0.2, 0.25) is 0 Å². The molecule has 4 nitrogen and oxygen atoms in total. The second kappa shape index (κ2) is 4.14. The van der Waals surface area contributed by atoms with Crippen LogP contribution >= 0.6 is 0 Å². The SMILES string of the molecule is OC[C@H]1OC(c2cc3ccccc3[nH]2)C[C@@H]1O. The molecule has 2 aromatic rings. The predicted octanol–water partition coefficient (Wildman–Crippen LogP) is 1.35. The van der Waals surface area contributed by atoms with Crippen molar-refractivity contribution in [2.75, 3.05) is 6.61 Å². The molecule has 1 unspecified atom stereocenters. The van der Waals surface area contributed by atoms with Crippen LogP contribution in [-0.4, -0.2) is 34.0 Å². The molecule has 3 atom stereocenters. The molecule has 0 saturated carbocycles. The number of hydrogen-bond donors (Lipinski definition) is 3. The summed E-state index contributed by atoms with van der Waals surface area (Å²) in [6.07, 6.45) is -0.685. The Morgan fingerprint density at radius 3 is 2.88 bits per heavy atom. The fourth-order valence-corrected chi connectivity index (χ4v) is 2.36. The van der Waals surface area contributed by atoms with Gasteiger partial charge in [-0.25, -0.2) is 0 Å². The van der Waals surface area contributed by atoms with Crippen LogP contribution in [0.1, 0.15) is 18.2 Å². The van der Waals surface area contributed by atoms with Crippen molar-refractivity contribution in [3.63, 3.8) is 0 Å². The van der Waals surface area contributed by atoms with Gasteiger partial charge in [-0.15, -0.1) is 0 Å². The van der Waals surface area contributed by atoms with Gasteiger partial charge in [0.1, 0.15) is 12.2 Å². The molecule has 17 heavy (non-hydrogen) atoms. The zero-order valence-electron chi connectivity index (χ0n) is 9.34. The first-order chi connectivity index (χ1) is 8.28. The first kappa shape index (κ1) is 10.8. The summed E-state index contributed by atoms with van der Waals surface area (Å²) < 4.78 is 5.61. The molecule has 0 radical (unpaired) electrons. The van der Waals surface area contributed by atoms with E-state index in [1.807, 2.05) is 30.3 Å². The summed E-state index contributed by atoms with van der Waals surface area (Å²) >= 11 is 0. The van der Waals surface area contributed by atoms with E-state index in [1.54, 1.807) is 0 Å². The largest absolute Gasteiger partial charge is 0.394 e. The Balaban J connectivity index is 1.89.